The van der Waals surface area contributed by atoms with Gasteiger partial charge in [-0.2, -0.15) is 0 Å². The predicted molar refractivity (Wildman–Crippen MR) is 103 cm³/mol. The normalized spacial score (nSPS) is 20.7. The topological polar surface area (TPSA) is 66.8 Å². The molecule has 1 aromatic carbocycles. The largest absolute Gasteiger partial charge is 0.387 e. The Bertz CT molecular complexity index is 786. The molecule has 2 aromatic rings. The highest BCUT2D eigenvalue weighted by Gasteiger charge is 2.29. The molecule has 2 aliphatic heterocycles. The van der Waals surface area contributed by atoms with Crippen LogP contribution in [0.2, 0.25) is 0 Å². The number of pyridine rings is 1. The molecule has 1 amide bonds. The minimum atomic E-state index is -0.160. The van der Waals surface area contributed by atoms with Crippen LogP contribution in [0.5, 0.6) is 0 Å². The SMILES string of the molecule is O=C(NC1CCN(Cc2ccccn2)CC1)C1=NOC(c2ccccc2)C1. The Labute approximate surface area is 159 Å². The van der Waals surface area contributed by atoms with E-state index in [-0.39, 0.29) is 18.1 Å². The van der Waals surface area contributed by atoms with Crippen molar-refractivity contribution in [3.8, 4) is 0 Å². The molecule has 1 N–H and O–H groups in total. The summed E-state index contributed by atoms with van der Waals surface area (Å²) in [6, 6.07) is 16.1. The van der Waals surface area contributed by atoms with Crippen LogP contribution in [0.4, 0.5) is 0 Å². The van der Waals surface area contributed by atoms with Gasteiger partial charge in [0.25, 0.3) is 5.91 Å². The molecule has 6 heteroatoms. The van der Waals surface area contributed by atoms with Crippen molar-refractivity contribution in [2.45, 2.75) is 38.0 Å². The molecule has 1 atom stereocenters. The molecule has 4 rings (SSSR count). The van der Waals surface area contributed by atoms with Crippen LogP contribution in [0.1, 0.15) is 36.6 Å². The number of nitrogens with one attached hydrogen (secondary N) is 1. The van der Waals surface area contributed by atoms with Gasteiger partial charge in [-0.1, -0.05) is 41.6 Å². The first kappa shape index (κ1) is 17.7. The van der Waals surface area contributed by atoms with Gasteiger partial charge >= 0.3 is 0 Å². The van der Waals surface area contributed by atoms with Crippen molar-refractivity contribution < 1.29 is 9.63 Å². The summed E-state index contributed by atoms with van der Waals surface area (Å²) in [6.07, 6.45) is 4.07. The third kappa shape index (κ3) is 4.52. The lowest BCUT2D eigenvalue weighted by molar-refractivity contribution is -0.115. The van der Waals surface area contributed by atoms with E-state index in [0.29, 0.717) is 12.1 Å². The quantitative estimate of drug-likeness (QED) is 0.886. The third-order valence-electron chi connectivity index (χ3n) is 5.14. The van der Waals surface area contributed by atoms with Gasteiger partial charge in [-0.15, -0.1) is 0 Å². The lowest BCUT2D eigenvalue weighted by atomic mass is 10.0. The van der Waals surface area contributed by atoms with Crippen LogP contribution in [0.25, 0.3) is 0 Å². The van der Waals surface area contributed by atoms with Gasteiger partial charge in [0.2, 0.25) is 0 Å². The van der Waals surface area contributed by atoms with E-state index in [9.17, 15) is 4.79 Å². The Morgan fingerprint density at radius 3 is 2.63 bits per heavy atom. The summed E-state index contributed by atoms with van der Waals surface area (Å²) < 4.78 is 0. The fraction of sp³-hybridized carbons (Fsp3) is 0.381. The van der Waals surface area contributed by atoms with Crippen molar-refractivity contribution >= 4 is 11.6 Å². The van der Waals surface area contributed by atoms with E-state index in [1.54, 1.807) is 0 Å². The van der Waals surface area contributed by atoms with E-state index in [1.165, 1.54) is 0 Å². The van der Waals surface area contributed by atoms with Crippen LogP contribution in [0.15, 0.2) is 59.9 Å². The highest BCUT2D eigenvalue weighted by Crippen LogP contribution is 2.27. The Hall–Kier alpha value is -2.73. The van der Waals surface area contributed by atoms with Gasteiger partial charge < -0.3 is 10.2 Å². The minimum absolute atomic E-state index is 0.100. The van der Waals surface area contributed by atoms with Gasteiger partial charge in [0.15, 0.2) is 6.10 Å². The molecule has 1 aromatic heterocycles. The van der Waals surface area contributed by atoms with Gasteiger partial charge in [-0.25, -0.2) is 0 Å². The van der Waals surface area contributed by atoms with Crippen LogP contribution in [0, 0.1) is 0 Å². The molecule has 6 nitrogen and oxygen atoms in total. The fourth-order valence-corrected chi connectivity index (χ4v) is 3.58. The second-order valence-electron chi connectivity index (χ2n) is 7.09. The number of amides is 1. The maximum Gasteiger partial charge on any atom is 0.269 e. The zero-order chi connectivity index (χ0) is 18.5. The van der Waals surface area contributed by atoms with Gasteiger partial charge in [-0.3, -0.25) is 14.7 Å². The van der Waals surface area contributed by atoms with Gasteiger partial charge in [0, 0.05) is 38.3 Å². The zero-order valence-electron chi connectivity index (χ0n) is 15.3. The summed E-state index contributed by atoms with van der Waals surface area (Å²) in [6.45, 7) is 2.77. The minimum Gasteiger partial charge on any atom is -0.387 e. The van der Waals surface area contributed by atoms with Crippen LogP contribution >= 0.6 is 0 Å². The van der Waals surface area contributed by atoms with Crippen molar-refractivity contribution in [3.05, 3.63) is 66.0 Å². The maximum atomic E-state index is 12.5. The van der Waals surface area contributed by atoms with E-state index in [4.69, 9.17) is 4.84 Å². The third-order valence-corrected chi connectivity index (χ3v) is 5.14. The van der Waals surface area contributed by atoms with Crippen molar-refractivity contribution in [2.75, 3.05) is 13.1 Å². The number of benzene rings is 1. The van der Waals surface area contributed by atoms with Crippen molar-refractivity contribution in [2.24, 2.45) is 5.16 Å². The average Bonchev–Trinajstić information content (AvgIpc) is 3.21. The Balaban J connectivity index is 1.23. The Morgan fingerprint density at radius 2 is 1.89 bits per heavy atom. The van der Waals surface area contributed by atoms with Gasteiger partial charge in [-0.05, 0) is 30.5 Å². The van der Waals surface area contributed by atoms with Crippen LogP contribution < -0.4 is 5.32 Å². The molecular weight excluding hydrogens is 340 g/mol. The summed E-state index contributed by atoms with van der Waals surface area (Å²) in [5, 5.41) is 7.14. The number of carbonyl (C=O) groups is 1. The summed E-state index contributed by atoms with van der Waals surface area (Å²) in [4.78, 5) is 24.7. The Morgan fingerprint density at radius 1 is 1.11 bits per heavy atom. The summed E-state index contributed by atoms with van der Waals surface area (Å²) in [5.74, 6) is -0.100. The zero-order valence-corrected chi connectivity index (χ0v) is 15.3. The van der Waals surface area contributed by atoms with E-state index in [1.807, 2.05) is 48.7 Å². The van der Waals surface area contributed by atoms with Crippen LogP contribution in [-0.4, -0.2) is 40.6 Å². The lowest BCUT2D eigenvalue weighted by Crippen LogP contribution is -2.46. The number of piperidine rings is 1. The highest BCUT2D eigenvalue weighted by molar-refractivity contribution is 6.39. The van der Waals surface area contributed by atoms with Gasteiger partial charge in [0.05, 0.1) is 5.69 Å². The standard InChI is InChI=1S/C21H24N4O2/c26-21(19-14-20(27-24-19)16-6-2-1-3-7-16)23-17-9-12-25(13-10-17)15-18-8-4-5-11-22-18/h1-8,11,17,20H,9-10,12-15H2,(H,23,26). The van der Waals surface area contributed by atoms with Crippen molar-refractivity contribution in [3.63, 3.8) is 0 Å². The lowest BCUT2D eigenvalue weighted by Gasteiger charge is -2.32. The number of nitrogens with zero attached hydrogens (tertiary/aromatic N) is 3. The molecule has 27 heavy (non-hydrogen) atoms. The molecular formula is C21H24N4O2. The van der Waals surface area contributed by atoms with Gasteiger partial charge in [0.1, 0.15) is 5.71 Å². The predicted octanol–water partition coefficient (Wildman–Crippen LogP) is 2.68. The average molecular weight is 364 g/mol. The number of hydrogen-bond donors (Lipinski definition) is 1. The molecule has 2 aliphatic rings. The molecule has 140 valence electrons. The monoisotopic (exact) mass is 364 g/mol. The van der Waals surface area contributed by atoms with Crippen LogP contribution in [-0.2, 0) is 16.2 Å². The first-order valence-electron chi connectivity index (χ1n) is 9.49. The van der Waals surface area contributed by atoms with E-state index in [0.717, 1.165) is 43.7 Å². The van der Waals surface area contributed by atoms with E-state index in [2.05, 4.69) is 26.4 Å². The number of hydrogen-bond acceptors (Lipinski definition) is 5. The second-order valence-corrected chi connectivity index (χ2v) is 7.09. The van der Waals surface area contributed by atoms with E-state index < -0.39 is 0 Å². The summed E-state index contributed by atoms with van der Waals surface area (Å²) in [5.41, 5.74) is 2.62. The molecule has 0 spiro atoms. The molecule has 0 bridgehead atoms. The first-order valence-corrected chi connectivity index (χ1v) is 9.49. The van der Waals surface area contributed by atoms with E-state index >= 15 is 0 Å². The molecule has 1 unspecified atom stereocenters. The molecule has 1 fully saturated rings. The fourth-order valence-electron chi connectivity index (χ4n) is 3.58. The maximum absolute atomic E-state index is 12.5. The smallest absolute Gasteiger partial charge is 0.269 e. The highest BCUT2D eigenvalue weighted by atomic mass is 16.6. The number of rotatable bonds is 5. The molecule has 3 heterocycles. The first-order chi connectivity index (χ1) is 13.3. The number of oxime groups is 1. The van der Waals surface area contributed by atoms with Crippen molar-refractivity contribution in [1.82, 2.24) is 15.2 Å². The molecule has 0 saturated carbocycles. The summed E-state index contributed by atoms with van der Waals surface area (Å²) in [7, 11) is 0. The number of carbonyl (C=O) groups excluding carboxylic acids is 1. The molecule has 0 aliphatic carbocycles. The second kappa shape index (κ2) is 8.31. The Kier molecular flexibility index (Phi) is 5.44. The van der Waals surface area contributed by atoms with Crippen molar-refractivity contribution in [1.29, 1.82) is 0 Å². The molecule has 1 saturated heterocycles. The van der Waals surface area contributed by atoms with Crippen LogP contribution in [0.3, 0.4) is 0 Å². The number of likely N-dealkylation sites (tertiary alicyclic amines) is 1. The molecule has 0 radical (unpaired) electrons. The number of aromatic nitrogens is 1. The summed E-state index contributed by atoms with van der Waals surface area (Å²) >= 11 is 0.